The molecule has 0 radical (unpaired) electrons. The van der Waals surface area contributed by atoms with Crippen LogP contribution in [0.25, 0.3) is 0 Å². The highest BCUT2D eigenvalue weighted by Crippen LogP contribution is 1.98. The van der Waals surface area contributed by atoms with Gasteiger partial charge in [-0.2, -0.15) is 0 Å². The van der Waals surface area contributed by atoms with Gasteiger partial charge in [0.05, 0.1) is 6.42 Å². The predicted molar refractivity (Wildman–Crippen MR) is 51.4 cm³/mol. The van der Waals surface area contributed by atoms with Crippen molar-refractivity contribution < 1.29 is 24.2 Å². The zero-order valence-electron chi connectivity index (χ0n) is 8.14. The van der Waals surface area contributed by atoms with Crippen LogP contribution in [0.5, 0.6) is 0 Å². The lowest BCUT2D eigenvalue weighted by molar-refractivity contribution is -0.142. The van der Waals surface area contributed by atoms with Gasteiger partial charge in [-0.3, -0.25) is 4.79 Å². The fourth-order valence-corrected chi connectivity index (χ4v) is 0.896. The molecule has 0 spiro atoms. The van der Waals surface area contributed by atoms with Gasteiger partial charge in [-0.15, -0.1) is 0 Å². The Balaban J connectivity index is 4.02. The van der Waals surface area contributed by atoms with E-state index in [0.29, 0.717) is 6.29 Å². The Morgan fingerprint density at radius 1 is 1.53 bits per heavy atom. The van der Waals surface area contributed by atoms with E-state index < -0.39 is 18.1 Å². The second-order valence-corrected chi connectivity index (χ2v) is 2.72. The molecule has 84 valence electrons. The van der Waals surface area contributed by atoms with Crippen LogP contribution in [0.2, 0.25) is 0 Å². The third kappa shape index (κ3) is 7.24. The van der Waals surface area contributed by atoms with Gasteiger partial charge in [-0.05, 0) is 0 Å². The summed E-state index contributed by atoms with van der Waals surface area (Å²) in [5, 5.41) is 10.5. The molecule has 2 N–H and O–H groups in total. The number of hydrogen-bond acceptors (Lipinski definition) is 4. The molecule has 0 rings (SSSR count). The van der Waals surface area contributed by atoms with Crippen LogP contribution in [0.4, 0.5) is 4.79 Å². The van der Waals surface area contributed by atoms with Crippen molar-refractivity contribution in [2.45, 2.75) is 18.9 Å². The second kappa shape index (κ2) is 7.54. The molecular formula is C9H13NO5. The topological polar surface area (TPSA) is 92.7 Å². The van der Waals surface area contributed by atoms with E-state index in [1.54, 1.807) is 0 Å². The summed E-state index contributed by atoms with van der Waals surface area (Å²) in [7, 11) is 0. The van der Waals surface area contributed by atoms with E-state index in [4.69, 9.17) is 5.11 Å². The molecule has 0 aliphatic carbocycles. The molecule has 0 aromatic heterocycles. The van der Waals surface area contributed by atoms with E-state index in [9.17, 15) is 14.4 Å². The first-order valence-corrected chi connectivity index (χ1v) is 4.29. The molecule has 0 aliphatic heterocycles. The van der Waals surface area contributed by atoms with Gasteiger partial charge in [-0.1, -0.05) is 12.7 Å². The minimum absolute atomic E-state index is 0.0600. The number of carboxylic acid groups (broad SMARTS) is 1. The second-order valence-electron chi connectivity index (χ2n) is 2.72. The maximum absolute atomic E-state index is 11.0. The van der Waals surface area contributed by atoms with Crippen LogP contribution in [0.1, 0.15) is 12.8 Å². The van der Waals surface area contributed by atoms with E-state index in [2.05, 4.69) is 11.3 Å². The van der Waals surface area contributed by atoms with Crippen LogP contribution in [0, 0.1) is 0 Å². The Hall–Kier alpha value is -1.85. The molecule has 1 amide bonds. The lowest BCUT2D eigenvalue weighted by atomic mass is 10.1. The van der Waals surface area contributed by atoms with Crippen molar-refractivity contribution in [2.75, 3.05) is 6.61 Å². The van der Waals surface area contributed by atoms with Gasteiger partial charge in [0.2, 0.25) is 0 Å². The maximum atomic E-state index is 11.0. The first-order chi connectivity index (χ1) is 7.10. The van der Waals surface area contributed by atoms with Crippen molar-refractivity contribution in [2.24, 2.45) is 0 Å². The van der Waals surface area contributed by atoms with Crippen molar-refractivity contribution >= 4 is 18.3 Å². The van der Waals surface area contributed by atoms with Gasteiger partial charge in [0.1, 0.15) is 12.9 Å². The molecule has 15 heavy (non-hydrogen) atoms. The number of carbonyl (C=O) groups excluding carboxylic acids is 2. The summed E-state index contributed by atoms with van der Waals surface area (Å²) in [6.45, 7) is 3.42. The summed E-state index contributed by atoms with van der Waals surface area (Å²) in [6, 6.07) is -0.739. The zero-order valence-corrected chi connectivity index (χ0v) is 8.14. The van der Waals surface area contributed by atoms with Crippen molar-refractivity contribution in [3.8, 4) is 0 Å². The molecule has 0 saturated carbocycles. The molecule has 0 fully saturated rings. The van der Waals surface area contributed by atoms with E-state index in [0.717, 1.165) is 0 Å². The van der Waals surface area contributed by atoms with Crippen LogP contribution in [-0.2, 0) is 14.3 Å². The van der Waals surface area contributed by atoms with Crippen molar-refractivity contribution in [3.05, 3.63) is 12.7 Å². The Morgan fingerprint density at radius 3 is 2.67 bits per heavy atom. The summed E-state index contributed by atoms with van der Waals surface area (Å²) in [5.41, 5.74) is 0. The van der Waals surface area contributed by atoms with Gasteiger partial charge in [0, 0.05) is 12.5 Å². The van der Waals surface area contributed by atoms with Gasteiger partial charge in [0.15, 0.2) is 0 Å². The largest absolute Gasteiger partial charge is 0.465 e. The number of ether oxygens (including phenoxy) is 1. The zero-order chi connectivity index (χ0) is 11.7. The third-order valence-electron chi connectivity index (χ3n) is 1.48. The molecule has 0 aliphatic rings. The highest BCUT2D eigenvalue weighted by atomic mass is 16.5. The standard InChI is InChI=1S/C9H13NO5/c1-2-5-15-8(12)6-7(3-4-11)10-9(13)14/h2,4,7,10H,1,3,5-6H2,(H,13,14)/t7-/m0/s1. The minimum atomic E-state index is -1.28. The van der Waals surface area contributed by atoms with Gasteiger partial charge < -0.3 is 20.0 Å². The van der Waals surface area contributed by atoms with Crippen LogP contribution in [0.15, 0.2) is 12.7 Å². The SMILES string of the molecule is C=CCOC(=O)C[C@H](CC=O)NC(=O)O. The van der Waals surface area contributed by atoms with Crippen LogP contribution >= 0.6 is 0 Å². The Labute approximate surface area is 86.9 Å². The number of aldehydes is 1. The van der Waals surface area contributed by atoms with E-state index in [-0.39, 0.29) is 19.4 Å². The average molecular weight is 215 g/mol. The number of hydrogen-bond donors (Lipinski definition) is 2. The van der Waals surface area contributed by atoms with Gasteiger partial charge in [-0.25, -0.2) is 4.79 Å². The quantitative estimate of drug-likeness (QED) is 0.362. The van der Waals surface area contributed by atoms with E-state index >= 15 is 0 Å². The fraction of sp³-hybridized carbons (Fsp3) is 0.444. The molecule has 0 heterocycles. The molecule has 0 unspecified atom stereocenters. The summed E-state index contributed by atoms with van der Waals surface area (Å²) in [6.07, 6.45) is 0.436. The third-order valence-corrected chi connectivity index (χ3v) is 1.48. The molecule has 6 heteroatoms. The van der Waals surface area contributed by atoms with Crippen LogP contribution in [-0.4, -0.2) is 36.1 Å². The summed E-state index contributed by atoms with van der Waals surface area (Å²) < 4.78 is 4.64. The van der Waals surface area contributed by atoms with Crippen LogP contribution in [0.3, 0.4) is 0 Å². The Kier molecular flexibility index (Phi) is 6.61. The van der Waals surface area contributed by atoms with Gasteiger partial charge >= 0.3 is 12.1 Å². The predicted octanol–water partition coefficient (Wildman–Crippen LogP) is 0.331. The summed E-state index contributed by atoms with van der Waals surface area (Å²) in [4.78, 5) is 31.5. The van der Waals surface area contributed by atoms with Crippen molar-refractivity contribution in [1.29, 1.82) is 0 Å². The number of carbonyl (C=O) groups is 3. The number of amides is 1. The van der Waals surface area contributed by atoms with Crippen molar-refractivity contribution in [3.63, 3.8) is 0 Å². The van der Waals surface area contributed by atoms with E-state index in [1.165, 1.54) is 6.08 Å². The first kappa shape index (κ1) is 13.2. The fourth-order valence-electron chi connectivity index (χ4n) is 0.896. The Bertz CT molecular complexity index is 251. The normalized spacial score (nSPS) is 11.2. The monoisotopic (exact) mass is 215 g/mol. The molecule has 0 bridgehead atoms. The summed E-state index contributed by atoms with van der Waals surface area (Å²) >= 11 is 0. The van der Waals surface area contributed by atoms with E-state index in [1.807, 2.05) is 5.32 Å². The lowest BCUT2D eigenvalue weighted by Gasteiger charge is -2.12. The number of rotatable bonds is 7. The van der Waals surface area contributed by atoms with Crippen molar-refractivity contribution in [1.82, 2.24) is 5.32 Å². The maximum Gasteiger partial charge on any atom is 0.404 e. The molecule has 0 aromatic rings. The molecule has 0 aromatic carbocycles. The smallest absolute Gasteiger partial charge is 0.404 e. The first-order valence-electron chi connectivity index (χ1n) is 4.29. The summed E-state index contributed by atoms with van der Waals surface area (Å²) in [5.74, 6) is -0.574. The molecular weight excluding hydrogens is 202 g/mol. The Morgan fingerprint density at radius 2 is 2.20 bits per heavy atom. The number of nitrogens with one attached hydrogen (secondary N) is 1. The highest BCUT2D eigenvalue weighted by Gasteiger charge is 2.16. The molecule has 0 saturated heterocycles. The lowest BCUT2D eigenvalue weighted by Crippen LogP contribution is -2.36. The average Bonchev–Trinajstić information content (AvgIpc) is 2.14. The number of esters is 1. The molecule has 6 nitrogen and oxygen atoms in total. The minimum Gasteiger partial charge on any atom is -0.465 e. The highest BCUT2D eigenvalue weighted by molar-refractivity contribution is 5.73. The molecule has 1 atom stereocenters. The van der Waals surface area contributed by atoms with Crippen LogP contribution < -0.4 is 5.32 Å². The van der Waals surface area contributed by atoms with Gasteiger partial charge in [0.25, 0.3) is 0 Å².